The molecule has 2 aromatic rings. The first-order valence-electron chi connectivity index (χ1n) is 11.4. The number of para-hydroxylation sites is 1. The fraction of sp³-hybridized carbons (Fsp3) is 0.440. The first-order chi connectivity index (χ1) is 16.1. The lowest BCUT2D eigenvalue weighted by atomic mass is 10.1. The van der Waals surface area contributed by atoms with Gasteiger partial charge < -0.3 is 10.2 Å². The maximum absolute atomic E-state index is 13.6. The lowest BCUT2D eigenvalue weighted by molar-refractivity contribution is -0.139. The number of amides is 2. The van der Waals surface area contributed by atoms with Crippen molar-refractivity contribution in [1.82, 2.24) is 10.2 Å². The normalized spacial score (nSPS) is 15.1. The molecule has 1 unspecified atom stereocenters. The molecule has 0 heterocycles. The summed E-state index contributed by atoms with van der Waals surface area (Å²) in [5.74, 6) is -0.700. The van der Waals surface area contributed by atoms with Crippen molar-refractivity contribution in [3.8, 4) is 0 Å². The van der Waals surface area contributed by atoms with E-state index in [1.165, 1.54) is 4.90 Å². The van der Waals surface area contributed by atoms with Crippen LogP contribution in [0.3, 0.4) is 0 Å². The lowest BCUT2D eigenvalue weighted by Crippen LogP contribution is -2.52. The Morgan fingerprint density at radius 1 is 1.09 bits per heavy atom. The fourth-order valence-corrected chi connectivity index (χ4v) is 5.23. The van der Waals surface area contributed by atoms with Gasteiger partial charge in [0, 0.05) is 17.6 Å². The molecule has 0 saturated heterocycles. The number of benzene rings is 2. The van der Waals surface area contributed by atoms with Crippen LogP contribution in [-0.4, -0.2) is 50.0 Å². The van der Waals surface area contributed by atoms with E-state index in [0.717, 1.165) is 47.4 Å². The molecule has 9 heteroatoms. The molecule has 1 N–H and O–H groups in total. The van der Waals surface area contributed by atoms with Gasteiger partial charge in [-0.15, -0.1) is 0 Å². The molecule has 1 aliphatic carbocycles. The van der Waals surface area contributed by atoms with Gasteiger partial charge in [0.1, 0.15) is 12.6 Å². The minimum Gasteiger partial charge on any atom is -0.352 e. The summed E-state index contributed by atoms with van der Waals surface area (Å²) in [6, 6.07) is 13.4. The van der Waals surface area contributed by atoms with E-state index >= 15 is 0 Å². The molecular weight excluding hydrogens is 474 g/mol. The highest BCUT2D eigenvalue weighted by atomic mass is 35.5. The number of hydrogen-bond donors (Lipinski definition) is 1. The number of hydrogen-bond acceptors (Lipinski definition) is 4. The van der Waals surface area contributed by atoms with Gasteiger partial charge >= 0.3 is 0 Å². The van der Waals surface area contributed by atoms with E-state index in [1.54, 1.807) is 56.3 Å². The summed E-state index contributed by atoms with van der Waals surface area (Å²) in [6.07, 6.45) is 5.09. The van der Waals surface area contributed by atoms with Crippen molar-refractivity contribution < 1.29 is 18.0 Å². The molecule has 7 nitrogen and oxygen atoms in total. The average Bonchev–Trinajstić information content (AvgIpc) is 3.29. The molecule has 1 atom stereocenters. The van der Waals surface area contributed by atoms with Crippen molar-refractivity contribution in [3.63, 3.8) is 0 Å². The third kappa shape index (κ3) is 6.73. The molecule has 1 saturated carbocycles. The zero-order valence-corrected chi connectivity index (χ0v) is 21.4. The van der Waals surface area contributed by atoms with Crippen molar-refractivity contribution in [2.45, 2.75) is 58.2 Å². The Bertz CT molecular complexity index is 1120. The van der Waals surface area contributed by atoms with Crippen molar-refractivity contribution >= 4 is 39.1 Å². The maximum Gasteiger partial charge on any atom is 0.244 e. The summed E-state index contributed by atoms with van der Waals surface area (Å²) in [5, 5.41) is 3.61. The Morgan fingerprint density at radius 3 is 2.29 bits per heavy atom. The van der Waals surface area contributed by atoms with Gasteiger partial charge in [-0.3, -0.25) is 13.9 Å². The van der Waals surface area contributed by atoms with E-state index in [0.29, 0.717) is 10.7 Å². The van der Waals surface area contributed by atoms with Crippen LogP contribution in [0.2, 0.25) is 5.02 Å². The highest BCUT2D eigenvalue weighted by Crippen LogP contribution is 2.23. The molecule has 0 aliphatic heterocycles. The summed E-state index contributed by atoms with van der Waals surface area (Å²) in [6.45, 7) is 3.22. The van der Waals surface area contributed by atoms with E-state index < -0.39 is 28.5 Å². The van der Waals surface area contributed by atoms with Crippen LogP contribution in [0.25, 0.3) is 0 Å². The topological polar surface area (TPSA) is 86.8 Å². The van der Waals surface area contributed by atoms with Crippen LogP contribution in [0.4, 0.5) is 5.69 Å². The van der Waals surface area contributed by atoms with Crippen molar-refractivity contribution in [2.75, 3.05) is 17.1 Å². The van der Waals surface area contributed by atoms with Crippen LogP contribution >= 0.6 is 11.6 Å². The molecule has 0 bridgehead atoms. The molecule has 0 aromatic heterocycles. The number of halogens is 1. The van der Waals surface area contributed by atoms with Crippen LogP contribution in [0.1, 0.15) is 43.7 Å². The SMILES string of the molecule is Cc1ccccc1N(CC(=O)N(Cc1ccc(Cl)cc1)C(C)C(=O)NC1CCCC1)S(C)(=O)=O. The van der Waals surface area contributed by atoms with Crippen LogP contribution in [0.5, 0.6) is 0 Å². The first kappa shape index (κ1) is 26.0. The number of carbonyl (C=O) groups excluding carboxylic acids is 2. The molecule has 0 radical (unpaired) electrons. The third-order valence-corrected chi connectivity index (χ3v) is 7.58. The number of nitrogens with zero attached hydrogens (tertiary/aromatic N) is 2. The average molecular weight is 506 g/mol. The van der Waals surface area contributed by atoms with Crippen molar-refractivity contribution in [1.29, 1.82) is 0 Å². The maximum atomic E-state index is 13.6. The third-order valence-electron chi connectivity index (χ3n) is 6.20. The minimum atomic E-state index is -3.74. The van der Waals surface area contributed by atoms with Gasteiger partial charge in [0.15, 0.2) is 0 Å². The second-order valence-corrected chi connectivity index (χ2v) is 11.2. The van der Waals surface area contributed by atoms with E-state index in [9.17, 15) is 18.0 Å². The van der Waals surface area contributed by atoms with Gasteiger partial charge in [-0.2, -0.15) is 0 Å². The molecule has 1 fully saturated rings. The highest BCUT2D eigenvalue weighted by Gasteiger charge is 2.31. The Morgan fingerprint density at radius 2 is 1.71 bits per heavy atom. The summed E-state index contributed by atoms with van der Waals surface area (Å²) in [7, 11) is -3.74. The molecule has 0 spiro atoms. The van der Waals surface area contributed by atoms with Gasteiger partial charge in [-0.1, -0.05) is 54.8 Å². The monoisotopic (exact) mass is 505 g/mol. The zero-order chi connectivity index (χ0) is 24.9. The smallest absolute Gasteiger partial charge is 0.244 e. The second-order valence-electron chi connectivity index (χ2n) is 8.87. The summed E-state index contributed by atoms with van der Waals surface area (Å²) < 4.78 is 26.4. The van der Waals surface area contributed by atoms with Crippen LogP contribution in [0.15, 0.2) is 48.5 Å². The molecule has 3 rings (SSSR count). The summed E-state index contributed by atoms with van der Waals surface area (Å²) >= 11 is 6.00. The van der Waals surface area contributed by atoms with Crippen molar-refractivity contribution in [3.05, 3.63) is 64.7 Å². The van der Waals surface area contributed by atoms with Gasteiger partial charge in [-0.05, 0) is 56.0 Å². The van der Waals surface area contributed by atoms with Crippen molar-refractivity contribution in [2.24, 2.45) is 0 Å². The molecule has 184 valence electrons. The number of nitrogens with one attached hydrogen (secondary N) is 1. The highest BCUT2D eigenvalue weighted by molar-refractivity contribution is 7.92. The number of rotatable bonds is 9. The summed E-state index contributed by atoms with van der Waals surface area (Å²) in [4.78, 5) is 28.0. The minimum absolute atomic E-state index is 0.113. The van der Waals surface area contributed by atoms with Crippen LogP contribution < -0.4 is 9.62 Å². The molecule has 2 amide bonds. The largest absolute Gasteiger partial charge is 0.352 e. The number of aryl methyl sites for hydroxylation is 1. The quantitative estimate of drug-likeness (QED) is 0.560. The Labute approximate surface area is 207 Å². The predicted molar refractivity (Wildman–Crippen MR) is 135 cm³/mol. The van der Waals surface area contributed by atoms with Gasteiger partial charge in [0.05, 0.1) is 11.9 Å². The second kappa shape index (κ2) is 11.2. The van der Waals surface area contributed by atoms with E-state index in [-0.39, 0.29) is 18.5 Å². The van der Waals surface area contributed by atoms with E-state index in [1.807, 2.05) is 6.07 Å². The Hall–Kier alpha value is -2.58. The first-order valence-corrected chi connectivity index (χ1v) is 13.7. The molecular formula is C25H32ClN3O4S. The molecule has 1 aliphatic rings. The standard InChI is InChI=1S/C25H32ClN3O4S/c1-18-8-4-7-11-23(18)29(34(3,32)33)17-24(30)28(16-20-12-14-21(26)15-13-20)19(2)25(31)27-22-9-5-6-10-22/h4,7-8,11-15,19,22H,5-6,9-10,16-17H2,1-3H3,(H,27,31). The Balaban J connectivity index is 1.88. The number of carbonyl (C=O) groups is 2. The fourth-order valence-electron chi connectivity index (χ4n) is 4.20. The zero-order valence-electron chi connectivity index (χ0n) is 19.8. The van der Waals surface area contributed by atoms with Gasteiger partial charge in [-0.25, -0.2) is 8.42 Å². The van der Waals surface area contributed by atoms with Gasteiger partial charge in [0.2, 0.25) is 21.8 Å². The predicted octanol–water partition coefficient (Wildman–Crippen LogP) is 3.89. The molecule has 34 heavy (non-hydrogen) atoms. The molecule has 2 aromatic carbocycles. The summed E-state index contributed by atoms with van der Waals surface area (Å²) in [5.41, 5.74) is 1.96. The van der Waals surface area contributed by atoms with E-state index in [2.05, 4.69) is 5.32 Å². The Kier molecular flexibility index (Phi) is 8.60. The number of sulfonamides is 1. The van der Waals surface area contributed by atoms with E-state index in [4.69, 9.17) is 11.6 Å². The van der Waals surface area contributed by atoms with Crippen LogP contribution in [0, 0.1) is 6.92 Å². The number of anilines is 1. The lowest BCUT2D eigenvalue weighted by Gasteiger charge is -2.32. The van der Waals surface area contributed by atoms with Crippen LogP contribution in [-0.2, 0) is 26.2 Å². The van der Waals surface area contributed by atoms with Gasteiger partial charge in [0.25, 0.3) is 0 Å².